The molecule has 14 nitrogen and oxygen atoms in total. The molecule has 3 fully saturated rings. The summed E-state index contributed by atoms with van der Waals surface area (Å²) in [4.78, 5) is 68.8. The maximum atomic E-state index is 14.9. The number of carbonyl (C=O) groups is 5. The molecule has 0 spiro atoms. The van der Waals surface area contributed by atoms with Gasteiger partial charge in [0.05, 0.1) is 35.6 Å². The van der Waals surface area contributed by atoms with Crippen molar-refractivity contribution in [3.8, 4) is 0 Å². The van der Waals surface area contributed by atoms with Crippen LogP contribution >= 0.6 is 0 Å². The second kappa shape index (κ2) is 14.9. The number of aliphatic hydroxyl groups is 3. The standard InChI is InChI=1S/C43H53NO13/c1-23-27-19-29(46)41(8)30(47)20-31-42(22-53-31,56-24(2)45)34(41)35(55-36(49)26-17-13-10-14-18-26)43(52,40(27,6)7)21-28(23)54-37(50)33(48)32(25-15-11-9-12-16-25)44-38(51)57-39(3,4)5/h9-18,28,30-35,47-48,52H,19-22H2,1-8H3,(H,44,51)/t28-,30+,31+,32-,33+,34-,35-,41+,42-,43+/m0/s1. The fourth-order valence-electron chi connectivity index (χ4n) is 9.38. The van der Waals surface area contributed by atoms with Gasteiger partial charge in [-0.1, -0.05) is 68.0 Å². The quantitative estimate of drug-likeness (QED) is 0.168. The topological polar surface area (TPSA) is 204 Å². The van der Waals surface area contributed by atoms with Gasteiger partial charge in [0.25, 0.3) is 0 Å². The molecule has 1 amide bonds. The number of Topliss-reactive ketones (excluding diaryl/α,β-unsaturated/α-hetero) is 1. The number of esters is 3. The Labute approximate surface area is 331 Å². The molecule has 1 aliphatic heterocycles. The third kappa shape index (κ3) is 7.26. The fraction of sp³-hybridized carbons (Fsp3) is 0.558. The molecular formula is C43H53NO13. The van der Waals surface area contributed by atoms with Crippen molar-refractivity contribution in [1.82, 2.24) is 5.32 Å². The first-order valence-electron chi connectivity index (χ1n) is 19.2. The van der Waals surface area contributed by atoms with E-state index >= 15 is 0 Å². The molecule has 6 rings (SSSR count). The van der Waals surface area contributed by atoms with Gasteiger partial charge < -0.3 is 44.3 Å². The highest BCUT2D eigenvalue weighted by molar-refractivity contribution is 5.91. The molecule has 4 aliphatic rings. The van der Waals surface area contributed by atoms with Gasteiger partial charge >= 0.3 is 24.0 Å². The number of carbonyl (C=O) groups excluding carboxylic acids is 5. The zero-order chi connectivity index (χ0) is 41.9. The van der Waals surface area contributed by atoms with Gasteiger partial charge in [0.1, 0.15) is 35.3 Å². The van der Waals surface area contributed by atoms with Crippen molar-refractivity contribution < 1.29 is 63.0 Å². The van der Waals surface area contributed by atoms with E-state index < -0.39 is 106 Å². The van der Waals surface area contributed by atoms with E-state index in [0.29, 0.717) is 16.7 Å². The average molecular weight is 792 g/mol. The lowest BCUT2D eigenvalue weighted by molar-refractivity contribution is -0.344. The summed E-state index contributed by atoms with van der Waals surface area (Å²) in [6, 6.07) is 15.0. The van der Waals surface area contributed by atoms with Gasteiger partial charge in [-0.05, 0) is 57.9 Å². The molecule has 10 atom stereocenters. The molecule has 2 saturated carbocycles. The first kappa shape index (κ1) is 42.0. The van der Waals surface area contributed by atoms with Crippen molar-refractivity contribution in [2.24, 2.45) is 16.7 Å². The van der Waals surface area contributed by atoms with E-state index in [4.69, 9.17) is 23.7 Å². The molecule has 1 heterocycles. The minimum atomic E-state index is -2.17. The molecular weight excluding hydrogens is 738 g/mol. The van der Waals surface area contributed by atoms with Gasteiger partial charge in [-0.15, -0.1) is 0 Å². The van der Waals surface area contributed by atoms with E-state index in [-0.39, 0.29) is 25.0 Å². The van der Waals surface area contributed by atoms with Gasteiger partial charge in [0, 0.05) is 31.6 Å². The van der Waals surface area contributed by atoms with Gasteiger partial charge in [-0.3, -0.25) is 9.59 Å². The van der Waals surface area contributed by atoms with Crippen LogP contribution in [-0.2, 0) is 38.1 Å². The number of alkyl carbamates (subject to hydrolysis) is 1. The Balaban J connectivity index is 1.46. The van der Waals surface area contributed by atoms with Crippen LogP contribution in [0.25, 0.3) is 0 Å². The molecule has 14 heteroatoms. The normalized spacial score (nSPS) is 32.8. The summed E-state index contributed by atoms with van der Waals surface area (Å²) < 4.78 is 29.7. The Morgan fingerprint density at radius 1 is 0.965 bits per heavy atom. The van der Waals surface area contributed by atoms with Crippen LogP contribution in [0.15, 0.2) is 71.8 Å². The Morgan fingerprint density at radius 2 is 1.58 bits per heavy atom. The highest BCUT2D eigenvalue weighted by atomic mass is 16.6. The molecule has 2 aromatic rings. The summed E-state index contributed by atoms with van der Waals surface area (Å²) in [6.07, 6.45) is -8.87. The van der Waals surface area contributed by atoms with Crippen LogP contribution in [0.1, 0.15) is 96.6 Å². The van der Waals surface area contributed by atoms with E-state index in [0.717, 1.165) is 0 Å². The number of aliphatic hydroxyl groups excluding tert-OH is 2. The van der Waals surface area contributed by atoms with E-state index in [2.05, 4.69) is 5.32 Å². The monoisotopic (exact) mass is 791 g/mol. The number of hydrogen-bond acceptors (Lipinski definition) is 13. The van der Waals surface area contributed by atoms with Crippen LogP contribution in [0.3, 0.4) is 0 Å². The minimum absolute atomic E-state index is 0.0662. The molecule has 308 valence electrons. The number of fused-ring (bicyclic) bond motifs is 5. The lowest BCUT2D eigenvalue weighted by atomic mass is 9.45. The van der Waals surface area contributed by atoms with Crippen LogP contribution in [0.2, 0.25) is 0 Å². The highest BCUT2D eigenvalue weighted by Gasteiger charge is 2.77. The number of benzene rings is 2. The Hall–Kier alpha value is -4.63. The summed E-state index contributed by atoms with van der Waals surface area (Å²) in [5.41, 5.74) is -6.46. The van der Waals surface area contributed by atoms with Gasteiger partial charge in [-0.25, -0.2) is 14.4 Å². The SMILES string of the molecule is CC(=O)O[C@@]12CO[C@@H]1C[C@@H](O)[C@@]1(C)C(=O)CC3=C(C)[C@@H](OC(=O)[C@H](O)[C@@H](NC(=O)OC(C)(C)C)c4ccccc4)C[C@@](O)([C@@H](OC(=O)c4ccccc4)[C@H]21)C3(C)C. The predicted octanol–water partition coefficient (Wildman–Crippen LogP) is 4.29. The first-order chi connectivity index (χ1) is 26.6. The third-order valence-electron chi connectivity index (χ3n) is 12.6. The molecule has 57 heavy (non-hydrogen) atoms. The fourth-order valence-corrected chi connectivity index (χ4v) is 9.38. The second-order valence-electron chi connectivity index (χ2n) is 17.5. The molecule has 0 aromatic heterocycles. The molecule has 2 aromatic carbocycles. The highest BCUT2D eigenvalue weighted by Crippen LogP contribution is 2.64. The van der Waals surface area contributed by atoms with Crippen molar-refractivity contribution in [1.29, 1.82) is 0 Å². The van der Waals surface area contributed by atoms with Crippen LogP contribution in [-0.4, -0.2) is 99.0 Å². The van der Waals surface area contributed by atoms with Crippen LogP contribution in [0.5, 0.6) is 0 Å². The Morgan fingerprint density at radius 3 is 2.14 bits per heavy atom. The van der Waals surface area contributed by atoms with Gasteiger partial charge in [-0.2, -0.15) is 0 Å². The van der Waals surface area contributed by atoms with Crippen LogP contribution in [0.4, 0.5) is 4.79 Å². The number of hydrogen-bond donors (Lipinski definition) is 4. The van der Waals surface area contributed by atoms with Gasteiger partial charge in [0.2, 0.25) is 0 Å². The van der Waals surface area contributed by atoms with Crippen molar-refractivity contribution in [3.05, 3.63) is 82.9 Å². The van der Waals surface area contributed by atoms with Crippen LogP contribution in [0, 0.1) is 16.7 Å². The number of nitrogens with one attached hydrogen (secondary N) is 1. The molecule has 1 saturated heterocycles. The maximum absolute atomic E-state index is 14.9. The van der Waals surface area contributed by atoms with E-state index in [1.807, 2.05) is 0 Å². The van der Waals surface area contributed by atoms with Crippen molar-refractivity contribution in [2.45, 2.75) is 128 Å². The van der Waals surface area contributed by atoms with Crippen molar-refractivity contribution >= 4 is 29.8 Å². The number of rotatable bonds is 8. The lowest BCUT2D eigenvalue weighted by Gasteiger charge is -2.67. The number of ketones is 1. The van der Waals surface area contributed by atoms with E-state index in [1.165, 1.54) is 26.0 Å². The largest absolute Gasteiger partial charge is 0.456 e. The van der Waals surface area contributed by atoms with E-state index in [1.54, 1.807) is 90.1 Å². The lowest BCUT2D eigenvalue weighted by Crippen LogP contribution is -2.80. The molecule has 0 unspecified atom stereocenters. The molecule has 4 N–H and O–H groups in total. The third-order valence-corrected chi connectivity index (χ3v) is 12.6. The first-order valence-corrected chi connectivity index (χ1v) is 19.2. The zero-order valence-corrected chi connectivity index (χ0v) is 33.6. The van der Waals surface area contributed by atoms with Crippen molar-refractivity contribution in [2.75, 3.05) is 6.61 Å². The maximum Gasteiger partial charge on any atom is 0.408 e. The average Bonchev–Trinajstić information content (AvgIpc) is 3.13. The summed E-state index contributed by atoms with van der Waals surface area (Å²) in [7, 11) is 0. The van der Waals surface area contributed by atoms with E-state index in [9.17, 15) is 39.3 Å². The number of amides is 1. The smallest absolute Gasteiger partial charge is 0.408 e. The second-order valence-corrected chi connectivity index (χ2v) is 17.5. The summed E-state index contributed by atoms with van der Waals surface area (Å²) in [5, 5.41) is 39.4. The van der Waals surface area contributed by atoms with Gasteiger partial charge in [0.15, 0.2) is 11.7 Å². The van der Waals surface area contributed by atoms with Crippen LogP contribution < -0.4 is 5.32 Å². The Kier molecular flexibility index (Phi) is 11.0. The summed E-state index contributed by atoms with van der Waals surface area (Å²) in [5.74, 6) is -4.53. The summed E-state index contributed by atoms with van der Waals surface area (Å²) >= 11 is 0. The molecule has 2 bridgehead atoms. The Bertz CT molecular complexity index is 1940. The molecule has 0 radical (unpaired) electrons. The molecule has 3 aliphatic carbocycles. The zero-order valence-electron chi connectivity index (χ0n) is 33.6. The van der Waals surface area contributed by atoms with Crippen molar-refractivity contribution in [3.63, 3.8) is 0 Å². The number of ether oxygens (including phenoxy) is 5. The summed E-state index contributed by atoms with van der Waals surface area (Å²) in [6.45, 7) is 12.6. The minimum Gasteiger partial charge on any atom is -0.456 e. The predicted molar refractivity (Wildman–Crippen MR) is 202 cm³/mol.